The number of aliphatic hydroxyl groups is 1. The molecule has 0 aliphatic carbocycles. The Kier molecular flexibility index (Phi) is 5.85. The van der Waals surface area contributed by atoms with Crippen LogP contribution in [0.5, 0.6) is 0 Å². The van der Waals surface area contributed by atoms with Crippen molar-refractivity contribution in [2.75, 3.05) is 18.8 Å². The molecule has 0 radical (unpaired) electrons. The van der Waals surface area contributed by atoms with Gasteiger partial charge in [-0.1, -0.05) is 6.07 Å². The maximum absolute atomic E-state index is 15.0. The number of anilines is 1. The molecule has 2 aliphatic heterocycles. The van der Waals surface area contributed by atoms with Gasteiger partial charge in [-0.15, -0.1) is 0 Å². The van der Waals surface area contributed by atoms with Gasteiger partial charge in [-0.05, 0) is 36.2 Å². The molecule has 1 saturated heterocycles. The van der Waals surface area contributed by atoms with Crippen LogP contribution >= 0.6 is 0 Å². The average molecular weight is 494 g/mol. The van der Waals surface area contributed by atoms with E-state index in [4.69, 9.17) is 10.5 Å². The van der Waals surface area contributed by atoms with Crippen LogP contribution in [0.15, 0.2) is 47.5 Å². The van der Waals surface area contributed by atoms with Gasteiger partial charge in [0.1, 0.15) is 18.0 Å². The molecule has 2 aromatic heterocycles. The van der Waals surface area contributed by atoms with E-state index in [2.05, 4.69) is 10.1 Å². The van der Waals surface area contributed by atoms with Crippen LogP contribution in [-0.4, -0.2) is 60.6 Å². The van der Waals surface area contributed by atoms with Gasteiger partial charge in [0.25, 0.3) is 0 Å². The number of halogens is 4. The predicted molar refractivity (Wildman–Crippen MR) is 114 cm³/mol. The van der Waals surface area contributed by atoms with Gasteiger partial charge in [0, 0.05) is 25.5 Å². The molecule has 186 valence electrons. The zero-order chi connectivity index (χ0) is 24.9. The first kappa shape index (κ1) is 23.5. The summed E-state index contributed by atoms with van der Waals surface area (Å²) in [5, 5.41) is 14.7. The zero-order valence-electron chi connectivity index (χ0n) is 18.3. The van der Waals surface area contributed by atoms with Gasteiger partial charge in [0.2, 0.25) is 6.23 Å². The highest BCUT2D eigenvalue weighted by molar-refractivity contribution is 5.24. The highest BCUT2D eigenvalue weighted by atomic mass is 19.3. The van der Waals surface area contributed by atoms with Gasteiger partial charge >= 0.3 is 11.6 Å². The summed E-state index contributed by atoms with van der Waals surface area (Å²) in [5.41, 5.74) is 5.67. The number of nitrogen functional groups attached to an aromatic ring is 1. The Hall–Kier alpha value is -3.29. The summed E-state index contributed by atoms with van der Waals surface area (Å²) in [4.78, 5) is 17.4. The second-order valence-electron chi connectivity index (χ2n) is 8.63. The van der Waals surface area contributed by atoms with E-state index in [9.17, 15) is 27.5 Å². The highest BCUT2D eigenvalue weighted by Gasteiger charge is 2.60. The lowest BCUT2D eigenvalue weighted by atomic mass is 9.98. The SMILES string of the molecule is Nc1ccn([C@@H]2O[C@H](CN3CCn4nccc4C3Cc3ccc(F)c(F)c3)[C@@H](O)C2(F)F)c(=O)n1. The molecule has 1 unspecified atom stereocenters. The summed E-state index contributed by atoms with van der Waals surface area (Å²) in [6.07, 6.45) is -2.73. The maximum Gasteiger partial charge on any atom is 0.351 e. The zero-order valence-corrected chi connectivity index (χ0v) is 18.3. The standard InChI is InChI=1S/C22H22F4N6O3/c23-13-2-1-12(9-14(13)24)10-16-15-3-5-28-32(15)8-7-30(16)11-17-19(33)22(25,26)20(35-17)31-6-4-18(27)29-21(31)34/h1-6,9,16-17,19-20,33H,7-8,10-11H2,(H2,27,29,34)/t16?,17-,19-,20-/m1/s1. The second kappa shape index (κ2) is 8.73. The molecule has 35 heavy (non-hydrogen) atoms. The summed E-state index contributed by atoms with van der Waals surface area (Å²) in [5.74, 6) is -5.87. The quantitative estimate of drug-likeness (QED) is 0.517. The molecule has 5 rings (SSSR count). The molecule has 4 heterocycles. The molecule has 3 N–H and O–H groups in total. The van der Waals surface area contributed by atoms with Crippen molar-refractivity contribution in [2.24, 2.45) is 0 Å². The van der Waals surface area contributed by atoms with Crippen molar-refractivity contribution in [3.63, 3.8) is 0 Å². The molecule has 0 bridgehead atoms. The van der Waals surface area contributed by atoms with Crippen LogP contribution in [0.25, 0.3) is 0 Å². The summed E-state index contributed by atoms with van der Waals surface area (Å²) in [6, 6.07) is 6.10. The van der Waals surface area contributed by atoms with Crippen LogP contribution in [-0.2, 0) is 17.7 Å². The molecular weight excluding hydrogens is 472 g/mol. The predicted octanol–water partition coefficient (Wildman–Crippen LogP) is 1.49. The van der Waals surface area contributed by atoms with Crippen molar-refractivity contribution in [1.29, 1.82) is 0 Å². The molecule has 3 aromatic rings. The van der Waals surface area contributed by atoms with Gasteiger partial charge in [-0.3, -0.25) is 14.1 Å². The van der Waals surface area contributed by atoms with Gasteiger partial charge < -0.3 is 15.6 Å². The third kappa shape index (κ3) is 4.19. The van der Waals surface area contributed by atoms with Crippen molar-refractivity contribution in [3.05, 3.63) is 76.1 Å². The number of aliphatic hydroxyl groups excluding tert-OH is 1. The Labute approximate surface area is 196 Å². The van der Waals surface area contributed by atoms with Crippen molar-refractivity contribution >= 4 is 5.82 Å². The Morgan fingerprint density at radius 1 is 1.17 bits per heavy atom. The second-order valence-corrected chi connectivity index (χ2v) is 8.63. The average Bonchev–Trinajstić information content (AvgIpc) is 3.37. The lowest BCUT2D eigenvalue weighted by molar-refractivity contribution is -0.140. The lowest BCUT2D eigenvalue weighted by Crippen LogP contribution is -2.47. The van der Waals surface area contributed by atoms with E-state index in [1.165, 1.54) is 12.1 Å². The van der Waals surface area contributed by atoms with E-state index in [0.717, 1.165) is 24.0 Å². The maximum atomic E-state index is 15.0. The smallest absolute Gasteiger partial charge is 0.351 e. The molecule has 4 atom stereocenters. The monoisotopic (exact) mass is 494 g/mol. The molecule has 1 aromatic carbocycles. The minimum Gasteiger partial charge on any atom is -0.384 e. The largest absolute Gasteiger partial charge is 0.384 e. The first-order valence-electron chi connectivity index (χ1n) is 10.9. The third-order valence-corrected chi connectivity index (χ3v) is 6.44. The normalized spacial score (nSPS) is 26.1. The number of nitrogens with zero attached hydrogens (tertiary/aromatic N) is 5. The van der Waals surface area contributed by atoms with Crippen molar-refractivity contribution in [2.45, 2.75) is 43.4 Å². The fourth-order valence-corrected chi connectivity index (χ4v) is 4.67. The Bertz CT molecular complexity index is 1300. The Morgan fingerprint density at radius 3 is 2.71 bits per heavy atom. The molecule has 0 spiro atoms. The third-order valence-electron chi connectivity index (χ3n) is 6.44. The minimum atomic E-state index is -3.78. The van der Waals surface area contributed by atoms with Crippen molar-refractivity contribution in [3.8, 4) is 0 Å². The Morgan fingerprint density at radius 2 is 1.97 bits per heavy atom. The van der Waals surface area contributed by atoms with Crippen LogP contribution in [0.2, 0.25) is 0 Å². The number of benzene rings is 1. The van der Waals surface area contributed by atoms with Crippen molar-refractivity contribution < 1.29 is 27.4 Å². The fourth-order valence-electron chi connectivity index (χ4n) is 4.67. The van der Waals surface area contributed by atoms with E-state index in [-0.39, 0.29) is 18.8 Å². The molecule has 0 amide bonds. The number of hydrogen-bond acceptors (Lipinski definition) is 7. The number of ether oxygens (including phenoxy) is 1. The molecule has 9 nitrogen and oxygen atoms in total. The molecule has 0 saturated carbocycles. The summed E-state index contributed by atoms with van der Waals surface area (Å²) >= 11 is 0. The van der Waals surface area contributed by atoms with Gasteiger partial charge in [-0.25, -0.2) is 13.6 Å². The van der Waals surface area contributed by atoms with Gasteiger partial charge in [0.05, 0.1) is 18.3 Å². The summed E-state index contributed by atoms with van der Waals surface area (Å²) in [7, 11) is 0. The number of aromatic nitrogens is 4. The molecule has 13 heteroatoms. The van der Waals surface area contributed by atoms with Crippen LogP contribution in [0.4, 0.5) is 23.4 Å². The summed E-state index contributed by atoms with van der Waals surface area (Å²) < 4.78 is 65.1. The van der Waals surface area contributed by atoms with Crippen LogP contribution in [0.1, 0.15) is 23.5 Å². The van der Waals surface area contributed by atoms with Crippen LogP contribution < -0.4 is 11.4 Å². The molecule has 2 aliphatic rings. The lowest BCUT2D eigenvalue weighted by Gasteiger charge is -2.38. The number of hydrogen-bond donors (Lipinski definition) is 2. The Balaban J connectivity index is 1.41. The number of rotatable bonds is 5. The summed E-state index contributed by atoms with van der Waals surface area (Å²) in [6.45, 7) is 0.736. The molecular formula is C22H22F4N6O3. The molecule has 1 fully saturated rings. The van der Waals surface area contributed by atoms with E-state index < -0.39 is 47.7 Å². The topological polar surface area (TPSA) is 111 Å². The van der Waals surface area contributed by atoms with E-state index in [0.29, 0.717) is 23.2 Å². The first-order chi connectivity index (χ1) is 16.6. The first-order valence-corrected chi connectivity index (χ1v) is 10.9. The van der Waals surface area contributed by atoms with E-state index in [1.54, 1.807) is 16.9 Å². The van der Waals surface area contributed by atoms with Crippen molar-refractivity contribution in [1.82, 2.24) is 24.2 Å². The van der Waals surface area contributed by atoms with E-state index in [1.807, 2.05) is 4.90 Å². The van der Waals surface area contributed by atoms with Gasteiger partial charge in [-0.2, -0.15) is 18.9 Å². The van der Waals surface area contributed by atoms with Crippen LogP contribution in [0, 0.1) is 11.6 Å². The number of fused-ring (bicyclic) bond motifs is 1. The number of alkyl halides is 2. The van der Waals surface area contributed by atoms with Gasteiger partial charge in [0.15, 0.2) is 11.6 Å². The highest BCUT2D eigenvalue weighted by Crippen LogP contribution is 2.43. The number of nitrogens with two attached hydrogens (primary N) is 1. The fraction of sp³-hybridized carbons (Fsp3) is 0.409. The van der Waals surface area contributed by atoms with E-state index >= 15 is 0 Å². The van der Waals surface area contributed by atoms with Crippen LogP contribution in [0.3, 0.4) is 0 Å². The minimum absolute atomic E-state index is 0.107.